The summed E-state index contributed by atoms with van der Waals surface area (Å²) in [4.78, 5) is 10.7. The number of benzene rings is 1. The Hall–Kier alpha value is -1.55. The predicted molar refractivity (Wildman–Crippen MR) is 59.5 cm³/mol. The third-order valence-corrected chi connectivity index (χ3v) is 2.60. The molecule has 0 saturated carbocycles. The number of hydrogen-bond donors (Lipinski definition) is 3. The lowest BCUT2D eigenvalue weighted by molar-refractivity contribution is -0.116. The summed E-state index contributed by atoms with van der Waals surface area (Å²) in [5, 5.41) is 6.37. The second-order valence-corrected chi connectivity index (χ2v) is 3.69. The van der Waals surface area contributed by atoms with Crippen molar-refractivity contribution in [2.75, 3.05) is 18.4 Å². The molecule has 80 valence electrons. The molecule has 4 nitrogen and oxygen atoms in total. The summed E-state index contributed by atoms with van der Waals surface area (Å²) in [6.45, 7) is 2.07. The van der Waals surface area contributed by atoms with E-state index < -0.39 is 0 Å². The first kappa shape index (κ1) is 9.98. The number of carbonyl (C=O) groups is 1. The van der Waals surface area contributed by atoms with Crippen molar-refractivity contribution in [1.82, 2.24) is 5.32 Å². The standard InChI is InChI=1S/C11H15N3O/c12-11(15)7-14-10-3-1-2-8-4-5-13-6-9(8)10/h1-3,13-14H,4-7H2,(H2,12,15). The zero-order valence-corrected chi connectivity index (χ0v) is 8.55. The minimum absolute atomic E-state index is 0.191. The van der Waals surface area contributed by atoms with Crippen LogP contribution in [0.5, 0.6) is 0 Å². The van der Waals surface area contributed by atoms with E-state index in [4.69, 9.17) is 5.73 Å². The summed E-state index contributed by atoms with van der Waals surface area (Å²) in [6.07, 6.45) is 1.04. The number of fused-ring (bicyclic) bond motifs is 1. The number of anilines is 1. The molecule has 0 saturated heterocycles. The Morgan fingerprint density at radius 2 is 2.40 bits per heavy atom. The van der Waals surface area contributed by atoms with Crippen molar-refractivity contribution in [3.05, 3.63) is 29.3 Å². The molecule has 1 amide bonds. The molecule has 1 aliphatic rings. The van der Waals surface area contributed by atoms with E-state index in [1.807, 2.05) is 12.1 Å². The maximum atomic E-state index is 10.7. The summed E-state index contributed by atoms with van der Waals surface area (Å²) in [6, 6.07) is 6.12. The molecular weight excluding hydrogens is 190 g/mol. The van der Waals surface area contributed by atoms with Gasteiger partial charge < -0.3 is 16.4 Å². The smallest absolute Gasteiger partial charge is 0.236 e. The van der Waals surface area contributed by atoms with Crippen molar-refractivity contribution < 1.29 is 4.79 Å². The Balaban J connectivity index is 2.19. The molecule has 4 N–H and O–H groups in total. The molecule has 0 fully saturated rings. The van der Waals surface area contributed by atoms with Crippen molar-refractivity contribution in [3.8, 4) is 0 Å². The molecule has 0 spiro atoms. The van der Waals surface area contributed by atoms with Crippen molar-refractivity contribution in [2.45, 2.75) is 13.0 Å². The lowest BCUT2D eigenvalue weighted by atomic mass is 9.99. The molecule has 2 rings (SSSR count). The van der Waals surface area contributed by atoms with E-state index >= 15 is 0 Å². The lowest BCUT2D eigenvalue weighted by Gasteiger charge is -2.20. The van der Waals surface area contributed by atoms with Gasteiger partial charge in [0.15, 0.2) is 0 Å². The second kappa shape index (κ2) is 4.31. The van der Waals surface area contributed by atoms with Crippen LogP contribution in [0.15, 0.2) is 18.2 Å². The molecule has 0 aromatic heterocycles. The molecule has 0 atom stereocenters. The second-order valence-electron chi connectivity index (χ2n) is 3.69. The zero-order valence-electron chi connectivity index (χ0n) is 8.55. The van der Waals surface area contributed by atoms with Gasteiger partial charge in [0.05, 0.1) is 6.54 Å². The fourth-order valence-electron chi connectivity index (χ4n) is 1.86. The maximum Gasteiger partial charge on any atom is 0.236 e. The van der Waals surface area contributed by atoms with Gasteiger partial charge in [0.25, 0.3) is 0 Å². The van der Waals surface area contributed by atoms with Crippen molar-refractivity contribution in [2.24, 2.45) is 5.73 Å². The predicted octanol–water partition coefficient (Wildman–Crippen LogP) is 0.229. The Kier molecular flexibility index (Phi) is 2.87. The molecule has 1 aliphatic heterocycles. The Bertz CT molecular complexity index is 376. The van der Waals surface area contributed by atoms with Gasteiger partial charge in [0.1, 0.15) is 0 Å². The summed E-state index contributed by atoms with van der Waals surface area (Å²) in [7, 11) is 0. The van der Waals surface area contributed by atoms with E-state index in [0.29, 0.717) is 0 Å². The Morgan fingerprint density at radius 1 is 1.53 bits per heavy atom. The van der Waals surface area contributed by atoms with Gasteiger partial charge in [-0.3, -0.25) is 4.79 Å². The van der Waals surface area contributed by atoms with Gasteiger partial charge in [0.2, 0.25) is 5.91 Å². The van der Waals surface area contributed by atoms with Crippen LogP contribution in [0, 0.1) is 0 Å². The minimum Gasteiger partial charge on any atom is -0.376 e. The van der Waals surface area contributed by atoms with E-state index in [1.54, 1.807) is 0 Å². The molecule has 0 radical (unpaired) electrons. The van der Waals surface area contributed by atoms with Crippen molar-refractivity contribution in [3.63, 3.8) is 0 Å². The molecule has 4 heteroatoms. The highest BCUT2D eigenvalue weighted by molar-refractivity contribution is 5.79. The molecule has 0 unspecified atom stereocenters. The summed E-state index contributed by atoms with van der Waals surface area (Å²) >= 11 is 0. The molecule has 15 heavy (non-hydrogen) atoms. The number of carbonyl (C=O) groups excluding carboxylic acids is 1. The van der Waals surface area contributed by atoms with Crippen LogP contribution in [-0.4, -0.2) is 19.0 Å². The highest BCUT2D eigenvalue weighted by atomic mass is 16.1. The SMILES string of the molecule is NC(=O)CNc1cccc2c1CNCC2. The fourth-order valence-corrected chi connectivity index (χ4v) is 1.86. The topological polar surface area (TPSA) is 67.2 Å². The van der Waals surface area contributed by atoms with E-state index in [9.17, 15) is 4.79 Å². The quantitative estimate of drug-likeness (QED) is 0.661. The van der Waals surface area contributed by atoms with E-state index in [2.05, 4.69) is 16.7 Å². The zero-order chi connectivity index (χ0) is 10.7. The van der Waals surface area contributed by atoms with Crippen LogP contribution in [0.25, 0.3) is 0 Å². The minimum atomic E-state index is -0.337. The molecular formula is C11H15N3O. The lowest BCUT2D eigenvalue weighted by Crippen LogP contribution is -2.26. The van der Waals surface area contributed by atoms with E-state index in [0.717, 1.165) is 25.2 Å². The van der Waals surface area contributed by atoms with Crippen molar-refractivity contribution in [1.29, 1.82) is 0 Å². The van der Waals surface area contributed by atoms with Gasteiger partial charge in [-0.1, -0.05) is 12.1 Å². The first-order valence-corrected chi connectivity index (χ1v) is 5.11. The van der Waals surface area contributed by atoms with Crippen LogP contribution in [0.3, 0.4) is 0 Å². The first-order chi connectivity index (χ1) is 7.27. The first-order valence-electron chi connectivity index (χ1n) is 5.11. The van der Waals surface area contributed by atoms with Crippen molar-refractivity contribution >= 4 is 11.6 Å². The maximum absolute atomic E-state index is 10.7. The normalized spacial score (nSPS) is 14.4. The van der Waals surface area contributed by atoms with Gasteiger partial charge in [-0.15, -0.1) is 0 Å². The molecule has 1 aromatic rings. The Morgan fingerprint density at radius 3 is 3.20 bits per heavy atom. The van der Waals surface area contributed by atoms with Gasteiger partial charge in [-0.25, -0.2) is 0 Å². The number of rotatable bonds is 3. The molecule has 1 aromatic carbocycles. The Labute approximate surface area is 88.9 Å². The number of hydrogen-bond acceptors (Lipinski definition) is 3. The fraction of sp³-hybridized carbons (Fsp3) is 0.364. The van der Waals surface area contributed by atoms with Crippen LogP contribution in [-0.2, 0) is 17.8 Å². The average Bonchev–Trinajstić information content (AvgIpc) is 2.26. The average molecular weight is 205 g/mol. The monoisotopic (exact) mass is 205 g/mol. The largest absolute Gasteiger partial charge is 0.376 e. The van der Waals surface area contributed by atoms with Crippen LogP contribution in [0.4, 0.5) is 5.69 Å². The number of amides is 1. The highest BCUT2D eigenvalue weighted by Gasteiger charge is 2.11. The van der Waals surface area contributed by atoms with Crippen LogP contribution >= 0.6 is 0 Å². The summed E-state index contributed by atoms with van der Waals surface area (Å²) in [5.41, 5.74) is 8.72. The number of nitrogens with two attached hydrogens (primary N) is 1. The molecule has 0 aliphatic carbocycles. The highest BCUT2D eigenvalue weighted by Crippen LogP contribution is 2.22. The van der Waals surface area contributed by atoms with Gasteiger partial charge in [-0.2, -0.15) is 0 Å². The van der Waals surface area contributed by atoms with E-state index in [1.165, 1.54) is 11.1 Å². The van der Waals surface area contributed by atoms with Gasteiger partial charge >= 0.3 is 0 Å². The summed E-state index contributed by atoms with van der Waals surface area (Å²) < 4.78 is 0. The van der Waals surface area contributed by atoms with Gasteiger partial charge in [-0.05, 0) is 30.2 Å². The third kappa shape index (κ3) is 2.27. The molecule has 0 bridgehead atoms. The van der Waals surface area contributed by atoms with Crippen LogP contribution < -0.4 is 16.4 Å². The van der Waals surface area contributed by atoms with Crippen LogP contribution in [0.2, 0.25) is 0 Å². The number of primary amides is 1. The van der Waals surface area contributed by atoms with Crippen LogP contribution in [0.1, 0.15) is 11.1 Å². The molecule has 1 heterocycles. The van der Waals surface area contributed by atoms with Gasteiger partial charge in [0, 0.05) is 12.2 Å². The summed E-state index contributed by atoms with van der Waals surface area (Å²) in [5.74, 6) is -0.337. The third-order valence-electron chi connectivity index (χ3n) is 2.60. The van der Waals surface area contributed by atoms with E-state index in [-0.39, 0.29) is 12.5 Å². The number of nitrogens with one attached hydrogen (secondary N) is 2.